The summed E-state index contributed by atoms with van der Waals surface area (Å²) in [6, 6.07) is 7.31. The third-order valence-corrected chi connectivity index (χ3v) is 3.54. The van der Waals surface area contributed by atoms with Crippen LogP contribution in [0.3, 0.4) is 0 Å². The number of Topliss-reactive ketones (excluding diaryl/α,β-unsaturated/α-hetero) is 1. The molecule has 0 saturated heterocycles. The summed E-state index contributed by atoms with van der Waals surface area (Å²) in [5.74, 6) is -2.08. The first kappa shape index (κ1) is 17.6. The minimum absolute atomic E-state index is 0.180. The van der Waals surface area contributed by atoms with Crippen LogP contribution in [0.5, 0.6) is 0 Å². The summed E-state index contributed by atoms with van der Waals surface area (Å²) < 4.78 is 9.06. The van der Waals surface area contributed by atoms with Crippen LogP contribution in [0.15, 0.2) is 36.4 Å². The van der Waals surface area contributed by atoms with Gasteiger partial charge in [0, 0.05) is 6.08 Å². The Balaban J connectivity index is 3.17. The summed E-state index contributed by atoms with van der Waals surface area (Å²) in [5.41, 5.74) is 0.621. The highest BCUT2D eigenvalue weighted by Gasteiger charge is 2.39. The van der Waals surface area contributed by atoms with Crippen LogP contribution >= 0.6 is 0 Å². The van der Waals surface area contributed by atoms with Gasteiger partial charge in [0.25, 0.3) is 5.78 Å². The maximum Gasteiger partial charge on any atom is 0.375 e. The molecule has 0 aromatic heterocycles. The van der Waals surface area contributed by atoms with Gasteiger partial charge in [0.2, 0.25) is 0 Å². The molecule has 0 saturated carbocycles. The molecule has 22 heavy (non-hydrogen) atoms. The van der Waals surface area contributed by atoms with Crippen molar-refractivity contribution < 1.29 is 23.9 Å². The van der Waals surface area contributed by atoms with Crippen LogP contribution in [0.1, 0.15) is 24.5 Å². The highest BCUT2D eigenvalue weighted by atomic mass is 16.5. The van der Waals surface area contributed by atoms with E-state index >= 15 is 0 Å². The number of benzene rings is 1. The van der Waals surface area contributed by atoms with Gasteiger partial charge in [-0.2, -0.15) is 0 Å². The molecule has 1 aromatic rings. The molecule has 0 amide bonds. The van der Waals surface area contributed by atoms with Crippen LogP contribution in [0.25, 0.3) is 0 Å². The van der Waals surface area contributed by atoms with E-state index in [-0.39, 0.29) is 6.42 Å². The maximum atomic E-state index is 12.4. The third-order valence-electron chi connectivity index (χ3n) is 3.54. The molecular formula is C17H20O5. The van der Waals surface area contributed by atoms with Crippen LogP contribution in [0.4, 0.5) is 0 Å². The first-order valence-corrected chi connectivity index (χ1v) is 6.79. The Bertz CT molecular complexity index is 586. The molecule has 0 aliphatic heterocycles. The number of esters is 2. The molecule has 1 atom stereocenters. The number of hydrogen-bond donors (Lipinski definition) is 0. The molecule has 1 aromatic carbocycles. The number of carbonyl (C=O) groups excluding carboxylic acids is 3. The second-order valence-electron chi connectivity index (χ2n) is 5.15. The van der Waals surface area contributed by atoms with Crippen molar-refractivity contribution >= 4 is 17.7 Å². The zero-order valence-electron chi connectivity index (χ0n) is 13.2. The lowest BCUT2D eigenvalue weighted by Crippen LogP contribution is -2.38. The molecule has 5 nitrogen and oxygen atoms in total. The topological polar surface area (TPSA) is 69.7 Å². The minimum atomic E-state index is -1.11. The first-order valence-electron chi connectivity index (χ1n) is 6.79. The number of ketones is 1. The summed E-state index contributed by atoms with van der Waals surface area (Å²) in [7, 11) is 2.44. The zero-order valence-corrected chi connectivity index (χ0v) is 13.2. The van der Waals surface area contributed by atoms with Crippen LogP contribution < -0.4 is 0 Å². The molecule has 118 valence electrons. The fourth-order valence-corrected chi connectivity index (χ4v) is 2.04. The monoisotopic (exact) mass is 304 g/mol. The van der Waals surface area contributed by atoms with E-state index in [9.17, 15) is 14.4 Å². The summed E-state index contributed by atoms with van der Waals surface area (Å²) in [6.07, 6.45) is 2.93. The lowest BCUT2D eigenvalue weighted by Gasteiger charge is -2.26. The number of rotatable bonds is 6. The number of aryl methyl sites for hydroxylation is 1. The van der Waals surface area contributed by atoms with E-state index in [1.807, 2.05) is 19.1 Å². The van der Waals surface area contributed by atoms with E-state index in [1.165, 1.54) is 26.4 Å². The van der Waals surface area contributed by atoms with E-state index in [2.05, 4.69) is 9.47 Å². The van der Waals surface area contributed by atoms with Gasteiger partial charge in [0.15, 0.2) is 0 Å². The summed E-state index contributed by atoms with van der Waals surface area (Å²) in [4.78, 5) is 35.2. The zero-order chi connectivity index (χ0) is 16.8. The highest BCUT2D eigenvalue weighted by molar-refractivity contribution is 6.37. The molecule has 0 N–H and O–H groups in total. The molecular weight excluding hydrogens is 284 g/mol. The Labute approximate surface area is 129 Å². The summed E-state index contributed by atoms with van der Waals surface area (Å²) in [6.45, 7) is 3.58. The molecule has 1 unspecified atom stereocenters. The van der Waals surface area contributed by atoms with Crippen molar-refractivity contribution in [2.75, 3.05) is 14.2 Å². The standard InChI is InChI=1S/C17H20O5/c1-12-7-9-13(10-8-12)17(2,15(19)16(20)22-4)11-5-6-14(18)21-3/h5-10H,11H2,1-4H3/b6-5+. The molecule has 0 bridgehead atoms. The number of hydrogen-bond acceptors (Lipinski definition) is 5. The van der Waals surface area contributed by atoms with Crippen LogP contribution in [-0.2, 0) is 29.3 Å². The number of methoxy groups -OCH3 is 2. The fraction of sp³-hybridized carbons (Fsp3) is 0.353. The Hall–Kier alpha value is -2.43. The van der Waals surface area contributed by atoms with Gasteiger partial charge in [-0.25, -0.2) is 9.59 Å². The van der Waals surface area contributed by atoms with Crippen LogP contribution in [0, 0.1) is 6.92 Å². The number of carbonyl (C=O) groups is 3. The van der Waals surface area contributed by atoms with Crippen molar-refractivity contribution in [2.45, 2.75) is 25.7 Å². The molecule has 0 spiro atoms. The normalized spacial score (nSPS) is 13.5. The Morgan fingerprint density at radius 2 is 1.68 bits per heavy atom. The van der Waals surface area contributed by atoms with Crippen molar-refractivity contribution in [1.29, 1.82) is 0 Å². The van der Waals surface area contributed by atoms with Gasteiger partial charge in [-0.1, -0.05) is 35.9 Å². The predicted octanol–water partition coefficient (Wildman–Crippen LogP) is 2.11. The highest BCUT2D eigenvalue weighted by Crippen LogP contribution is 2.30. The molecule has 0 aliphatic carbocycles. The van der Waals surface area contributed by atoms with Crippen molar-refractivity contribution in [2.24, 2.45) is 0 Å². The second-order valence-corrected chi connectivity index (χ2v) is 5.15. The summed E-state index contributed by atoms with van der Waals surface area (Å²) >= 11 is 0. The Morgan fingerprint density at radius 3 is 2.18 bits per heavy atom. The summed E-state index contributed by atoms with van der Waals surface area (Å²) in [5, 5.41) is 0. The third kappa shape index (κ3) is 4.04. The van der Waals surface area contributed by atoms with Crippen molar-refractivity contribution in [3.05, 3.63) is 47.5 Å². The number of allylic oxidation sites excluding steroid dienone is 1. The molecule has 0 radical (unpaired) electrons. The predicted molar refractivity (Wildman–Crippen MR) is 81.3 cm³/mol. The molecule has 0 fully saturated rings. The molecule has 5 heteroatoms. The molecule has 0 aliphatic rings. The lowest BCUT2D eigenvalue weighted by molar-refractivity contribution is -0.154. The van der Waals surface area contributed by atoms with Gasteiger partial charge >= 0.3 is 11.9 Å². The fourth-order valence-electron chi connectivity index (χ4n) is 2.04. The first-order chi connectivity index (χ1) is 10.3. The van der Waals surface area contributed by atoms with Crippen molar-refractivity contribution in [3.8, 4) is 0 Å². The smallest absolute Gasteiger partial charge is 0.375 e. The quantitative estimate of drug-likeness (QED) is 0.457. The van der Waals surface area contributed by atoms with Crippen molar-refractivity contribution in [1.82, 2.24) is 0 Å². The molecule has 0 heterocycles. The SMILES string of the molecule is COC(=O)/C=C/CC(C)(C(=O)C(=O)OC)c1ccc(C)cc1. The van der Waals surface area contributed by atoms with E-state index in [1.54, 1.807) is 19.1 Å². The molecule has 1 rings (SSSR count). The van der Waals surface area contributed by atoms with Crippen LogP contribution in [-0.4, -0.2) is 31.9 Å². The largest absolute Gasteiger partial charge is 0.466 e. The minimum Gasteiger partial charge on any atom is -0.466 e. The van der Waals surface area contributed by atoms with E-state index in [0.29, 0.717) is 5.56 Å². The van der Waals surface area contributed by atoms with Gasteiger partial charge in [0.1, 0.15) is 0 Å². The van der Waals surface area contributed by atoms with E-state index < -0.39 is 23.1 Å². The van der Waals surface area contributed by atoms with Crippen molar-refractivity contribution in [3.63, 3.8) is 0 Å². The van der Waals surface area contributed by atoms with E-state index in [4.69, 9.17) is 0 Å². The Morgan fingerprint density at radius 1 is 1.09 bits per heavy atom. The van der Waals surface area contributed by atoms with E-state index in [0.717, 1.165) is 5.56 Å². The van der Waals surface area contributed by atoms with Gasteiger partial charge < -0.3 is 9.47 Å². The maximum absolute atomic E-state index is 12.4. The average molecular weight is 304 g/mol. The van der Waals surface area contributed by atoms with Gasteiger partial charge in [-0.3, -0.25) is 4.79 Å². The number of ether oxygens (including phenoxy) is 2. The van der Waals surface area contributed by atoms with Crippen LogP contribution in [0.2, 0.25) is 0 Å². The Kier molecular flexibility index (Phi) is 6.04. The average Bonchev–Trinajstić information content (AvgIpc) is 2.53. The van der Waals surface area contributed by atoms with Gasteiger partial charge in [-0.15, -0.1) is 0 Å². The van der Waals surface area contributed by atoms with Gasteiger partial charge in [0.05, 0.1) is 19.6 Å². The lowest BCUT2D eigenvalue weighted by atomic mass is 9.75. The second kappa shape index (κ2) is 7.54. The van der Waals surface area contributed by atoms with Gasteiger partial charge in [-0.05, 0) is 25.8 Å².